The number of nitrogens with one attached hydrogen (secondary N) is 1. The zero-order valence-electron chi connectivity index (χ0n) is 15.2. The molecular weight excluding hydrogens is 336 g/mol. The molecular formula is C19H24N2O5. The summed E-state index contributed by atoms with van der Waals surface area (Å²) in [7, 11) is 1.48. The molecule has 2 rings (SSSR count). The second-order valence-electron chi connectivity index (χ2n) is 6.18. The molecule has 1 fully saturated rings. The molecule has 0 aromatic heterocycles. The van der Waals surface area contributed by atoms with E-state index >= 15 is 0 Å². The SMILES string of the molecule is CCOc1ccc(C(=O)OCC(=O)NC2(C#N)CCCCC2)cc1OC. The third-order valence-corrected chi connectivity index (χ3v) is 4.33. The van der Waals surface area contributed by atoms with Gasteiger partial charge in [-0.25, -0.2) is 4.79 Å². The number of benzene rings is 1. The van der Waals surface area contributed by atoms with Gasteiger partial charge in [-0.3, -0.25) is 4.79 Å². The van der Waals surface area contributed by atoms with Gasteiger partial charge in [0.1, 0.15) is 5.54 Å². The van der Waals surface area contributed by atoms with E-state index in [1.165, 1.54) is 13.2 Å². The van der Waals surface area contributed by atoms with E-state index in [1.807, 2.05) is 6.92 Å². The number of carbonyl (C=O) groups excluding carboxylic acids is 2. The minimum absolute atomic E-state index is 0.255. The van der Waals surface area contributed by atoms with Crippen LogP contribution in [0.2, 0.25) is 0 Å². The van der Waals surface area contributed by atoms with E-state index in [4.69, 9.17) is 14.2 Å². The van der Waals surface area contributed by atoms with Crippen molar-refractivity contribution >= 4 is 11.9 Å². The molecule has 1 aliphatic rings. The lowest BCUT2D eigenvalue weighted by Gasteiger charge is -2.31. The van der Waals surface area contributed by atoms with E-state index in [0.29, 0.717) is 30.9 Å². The van der Waals surface area contributed by atoms with Crippen molar-refractivity contribution in [2.24, 2.45) is 0 Å². The predicted molar refractivity (Wildman–Crippen MR) is 94.0 cm³/mol. The molecule has 0 atom stereocenters. The van der Waals surface area contributed by atoms with Crippen LogP contribution in [0.3, 0.4) is 0 Å². The average molecular weight is 360 g/mol. The summed E-state index contributed by atoms with van der Waals surface area (Å²) in [6, 6.07) is 6.87. The Morgan fingerprint density at radius 3 is 2.58 bits per heavy atom. The second kappa shape index (κ2) is 9.09. The standard InChI is InChI=1S/C19H24N2O5/c1-3-25-15-8-7-14(11-16(15)24-2)18(23)26-12-17(22)21-19(13-20)9-5-4-6-10-19/h7-8,11H,3-6,9-10,12H2,1-2H3,(H,21,22). The summed E-state index contributed by atoms with van der Waals surface area (Å²) in [6.45, 7) is 1.89. The van der Waals surface area contributed by atoms with Crippen LogP contribution in [0.5, 0.6) is 11.5 Å². The van der Waals surface area contributed by atoms with Crippen LogP contribution in [0, 0.1) is 11.3 Å². The quantitative estimate of drug-likeness (QED) is 0.751. The Bertz CT molecular complexity index is 690. The molecule has 1 aliphatic carbocycles. The first-order chi connectivity index (χ1) is 12.5. The molecule has 0 saturated heterocycles. The minimum Gasteiger partial charge on any atom is -0.493 e. The lowest BCUT2D eigenvalue weighted by atomic mass is 9.83. The third-order valence-electron chi connectivity index (χ3n) is 4.33. The lowest BCUT2D eigenvalue weighted by Crippen LogP contribution is -2.50. The van der Waals surface area contributed by atoms with Crippen LogP contribution in [0.15, 0.2) is 18.2 Å². The smallest absolute Gasteiger partial charge is 0.338 e. The number of hydrogen-bond acceptors (Lipinski definition) is 6. The van der Waals surface area contributed by atoms with Gasteiger partial charge >= 0.3 is 5.97 Å². The molecule has 1 amide bonds. The number of nitriles is 1. The summed E-state index contributed by atoms with van der Waals surface area (Å²) in [5.41, 5.74) is -0.588. The maximum absolute atomic E-state index is 12.2. The van der Waals surface area contributed by atoms with Gasteiger partial charge in [0.15, 0.2) is 18.1 Å². The Kier molecular flexibility index (Phi) is 6.84. The molecule has 1 aromatic rings. The van der Waals surface area contributed by atoms with Gasteiger partial charge in [0.2, 0.25) is 0 Å². The largest absolute Gasteiger partial charge is 0.493 e. The van der Waals surface area contributed by atoms with Crippen molar-refractivity contribution in [1.29, 1.82) is 5.26 Å². The molecule has 140 valence electrons. The van der Waals surface area contributed by atoms with Crippen molar-refractivity contribution in [2.75, 3.05) is 20.3 Å². The third kappa shape index (κ3) is 4.88. The van der Waals surface area contributed by atoms with E-state index in [1.54, 1.807) is 12.1 Å². The fourth-order valence-electron chi connectivity index (χ4n) is 3.01. The van der Waals surface area contributed by atoms with Crippen LogP contribution in [0.4, 0.5) is 0 Å². The van der Waals surface area contributed by atoms with E-state index < -0.39 is 24.0 Å². The van der Waals surface area contributed by atoms with Crippen molar-refractivity contribution in [3.8, 4) is 17.6 Å². The van der Waals surface area contributed by atoms with Crippen LogP contribution in [0.1, 0.15) is 49.4 Å². The summed E-state index contributed by atoms with van der Waals surface area (Å²) in [5, 5.41) is 12.1. The van der Waals surface area contributed by atoms with Gasteiger partial charge in [0.05, 0.1) is 25.3 Å². The van der Waals surface area contributed by atoms with E-state index in [9.17, 15) is 14.9 Å². The molecule has 0 radical (unpaired) electrons. The van der Waals surface area contributed by atoms with Gasteiger partial charge in [-0.05, 0) is 38.0 Å². The number of esters is 1. The number of carbonyl (C=O) groups is 2. The summed E-state index contributed by atoms with van der Waals surface area (Å²) in [6.07, 6.45) is 4.12. The van der Waals surface area contributed by atoms with E-state index in [0.717, 1.165) is 19.3 Å². The number of hydrogen-bond donors (Lipinski definition) is 1. The molecule has 0 unspecified atom stereocenters. The number of ether oxygens (including phenoxy) is 3. The van der Waals surface area contributed by atoms with Crippen molar-refractivity contribution in [2.45, 2.75) is 44.6 Å². The highest BCUT2D eigenvalue weighted by atomic mass is 16.5. The fraction of sp³-hybridized carbons (Fsp3) is 0.526. The van der Waals surface area contributed by atoms with Gasteiger partial charge in [0.25, 0.3) is 5.91 Å². The number of rotatable bonds is 7. The molecule has 7 heteroatoms. The average Bonchev–Trinajstić information content (AvgIpc) is 2.67. The highest BCUT2D eigenvalue weighted by molar-refractivity contribution is 5.92. The van der Waals surface area contributed by atoms with Crippen molar-refractivity contribution in [1.82, 2.24) is 5.32 Å². The van der Waals surface area contributed by atoms with Crippen LogP contribution < -0.4 is 14.8 Å². The summed E-state index contributed by atoms with van der Waals surface area (Å²) in [4.78, 5) is 24.3. The number of methoxy groups -OCH3 is 1. The highest BCUT2D eigenvalue weighted by Gasteiger charge is 2.33. The Morgan fingerprint density at radius 2 is 1.96 bits per heavy atom. The molecule has 0 heterocycles. The van der Waals surface area contributed by atoms with Crippen molar-refractivity contribution in [3.63, 3.8) is 0 Å². The normalized spacial score (nSPS) is 15.4. The lowest BCUT2D eigenvalue weighted by molar-refractivity contribution is -0.125. The molecule has 1 saturated carbocycles. The molecule has 1 aromatic carbocycles. The van der Waals surface area contributed by atoms with Crippen LogP contribution in [0.25, 0.3) is 0 Å². The number of amides is 1. The highest BCUT2D eigenvalue weighted by Crippen LogP contribution is 2.29. The Balaban J connectivity index is 1.93. The number of nitrogens with zero attached hydrogens (tertiary/aromatic N) is 1. The van der Waals surface area contributed by atoms with Gasteiger partial charge in [-0.15, -0.1) is 0 Å². The molecule has 0 spiro atoms. The summed E-state index contributed by atoms with van der Waals surface area (Å²) in [5.74, 6) is -0.176. The van der Waals surface area contributed by atoms with E-state index in [-0.39, 0.29) is 5.56 Å². The Hall–Kier alpha value is -2.75. The fourth-order valence-corrected chi connectivity index (χ4v) is 3.01. The van der Waals surface area contributed by atoms with Crippen LogP contribution in [-0.2, 0) is 9.53 Å². The van der Waals surface area contributed by atoms with E-state index in [2.05, 4.69) is 11.4 Å². The maximum Gasteiger partial charge on any atom is 0.338 e. The topological polar surface area (TPSA) is 97.6 Å². The van der Waals surface area contributed by atoms with Gasteiger partial charge < -0.3 is 19.5 Å². The Labute approximate surface area is 153 Å². The van der Waals surface area contributed by atoms with Gasteiger partial charge in [0, 0.05) is 0 Å². The summed E-state index contributed by atoms with van der Waals surface area (Å²) >= 11 is 0. The van der Waals surface area contributed by atoms with Crippen LogP contribution in [-0.4, -0.2) is 37.7 Å². The first-order valence-corrected chi connectivity index (χ1v) is 8.74. The monoisotopic (exact) mass is 360 g/mol. The van der Waals surface area contributed by atoms with Crippen molar-refractivity contribution < 1.29 is 23.8 Å². The zero-order valence-corrected chi connectivity index (χ0v) is 15.2. The molecule has 26 heavy (non-hydrogen) atoms. The first kappa shape index (κ1) is 19.6. The second-order valence-corrected chi connectivity index (χ2v) is 6.18. The maximum atomic E-state index is 12.2. The minimum atomic E-state index is -0.843. The molecule has 0 bridgehead atoms. The first-order valence-electron chi connectivity index (χ1n) is 8.74. The van der Waals surface area contributed by atoms with Gasteiger partial charge in [-0.2, -0.15) is 5.26 Å². The summed E-state index contributed by atoms with van der Waals surface area (Å²) < 4.78 is 15.7. The molecule has 1 N–H and O–H groups in total. The van der Waals surface area contributed by atoms with Crippen molar-refractivity contribution in [3.05, 3.63) is 23.8 Å². The predicted octanol–water partition coefficient (Wildman–Crippen LogP) is 2.59. The molecule has 7 nitrogen and oxygen atoms in total. The molecule has 0 aliphatic heterocycles. The van der Waals surface area contributed by atoms with Gasteiger partial charge in [-0.1, -0.05) is 19.3 Å². The Morgan fingerprint density at radius 1 is 1.23 bits per heavy atom. The zero-order chi connectivity index (χ0) is 19.0. The van der Waals surface area contributed by atoms with Crippen LogP contribution >= 0.6 is 0 Å².